The number of hydrogen-bond donors (Lipinski definition) is 10. The molecule has 0 heterocycles. The van der Waals surface area contributed by atoms with Crippen LogP contribution in [-0.4, -0.2) is 81.8 Å². The zero-order valence-corrected chi connectivity index (χ0v) is 91.5. The Bertz CT molecular complexity index is 296. The number of hydrogen-bond acceptors (Lipinski definition) is 5. The maximum Gasteiger partial charge on any atom is 1.00 e. The van der Waals surface area contributed by atoms with Gasteiger partial charge < -0.3 is 79.6 Å². The van der Waals surface area contributed by atoms with E-state index < -0.39 is 30.8 Å². The van der Waals surface area contributed by atoms with Crippen molar-refractivity contribution in [2.45, 2.75) is 0 Å². The molecule has 35 heteroatoms. The molecule has 0 aromatic carbocycles. The second kappa shape index (κ2) is 158. The molecule has 40 heavy (non-hydrogen) atoms. The van der Waals surface area contributed by atoms with Crippen LogP contribution in [0, 0.1) is 0 Å². The van der Waals surface area contributed by atoms with E-state index in [1.54, 1.807) is 0 Å². The second-order valence-electron chi connectivity index (χ2n) is 1.41. The van der Waals surface area contributed by atoms with E-state index in [2.05, 4.69) is 0 Å². The fourth-order valence-corrected chi connectivity index (χ4v) is 0. The summed E-state index contributed by atoms with van der Waals surface area (Å²) < 4.78 is 0. The summed E-state index contributed by atoms with van der Waals surface area (Å²) in [6, 6.07) is 0. The van der Waals surface area contributed by atoms with Crippen LogP contribution in [-0.2, 0) is 0 Å². The first-order valence-corrected chi connectivity index (χ1v) is 3.26. The molecule has 0 aromatic rings. The van der Waals surface area contributed by atoms with E-state index in [9.17, 15) is 0 Å². The molecule has 0 aliphatic rings. The smallest absolute Gasteiger partial charge is 1.00 e. The maximum absolute atomic E-state index is 8.56. The average Bonchev–Trinajstić information content (AvgIpc) is 1.94. The molecule has 0 rings (SSSR count). The van der Waals surface area contributed by atoms with Crippen LogP contribution in [0.5, 0.6) is 0 Å². The van der Waals surface area contributed by atoms with Crippen molar-refractivity contribution in [3.8, 4) is 0 Å². The molecule has 0 aliphatic carbocycles. The van der Waals surface area contributed by atoms with Crippen LogP contribution in [0.25, 0.3) is 0 Å². The van der Waals surface area contributed by atoms with Gasteiger partial charge in [-0.1, -0.05) is 0 Å². The minimum Gasteiger partial charge on any atom is -1.00 e. The number of carbonyl (C=O) groups is 5. The van der Waals surface area contributed by atoms with Crippen molar-refractivity contribution in [3.63, 3.8) is 0 Å². The Morgan fingerprint density at radius 1 is 0.200 bits per heavy atom. The largest absolute Gasteiger partial charge is 1.00 e. The third kappa shape index (κ3) is 346. The van der Waals surface area contributed by atoms with Crippen LogP contribution in [0.4, 0.5) is 24.0 Å². The molecule has 0 amide bonds. The molecule has 15 nitrogen and oxygen atoms in total. The van der Waals surface area contributed by atoms with Gasteiger partial charge in [0.25, 0.3) is 0 Å². The molecule has 0 aliphatic heterocycles. The van der Waals surface area contributed by atoms with Crippen LogP contribution in [0.1, 0.15) is 28.5 Å². The number of carboxylic acid groups (broad SMARTS) is 10. The van der Waals surface area contributed by atoms with Crippen LogP contribution in [0.2, 0.25) is 0 Å². The third-order valence-corrected chi connectivity index (χ3v) is 0. The predicted molar refractivity (Wildman–Crippen MR) is 75.5 cm³/mol. The summed E-state index contributed by atoms with van der Waals surface area (Å²) >= 11 is 0. The van der Waals surface area contributed by atoms with E-state index in [1.807, 2.05) is 0 Å². The normalized spacial score (nSPS) is 3.00. The standard InChI is InChI=1S/5CH2O3.20K.20H/c5*2-1(3)4;;;;;;;;;;;;;;;;;;;;;;;;;;;;;;;;;;;;;;;;/h5*(H2,2,3,4);;;;;;;;;;;;;;;;;;;;;;;;;;;;;;;;;;;;;;;;/q;;;;;20*+1;20*-1. The molecule has 0 atom stereocenters. The van der Waals surface area contributed by atoms with Gasteiger partial charge in [-0.05, 0) is 0 Å². The fraction of sp³-hybridized carbons (Fsp3) is 0. The first-order chi connectivity index (χ1) is 8.66. The Labute approximate surface area is 1120 Å². The van der Waals surface area contributed by atoms with Crippen molar-refractivity contribution in [3.05, 3.63) is 0 Å². The van der Waals surface area contributed by atoms with Crippen LogP contribution in [0.3, 0.4) is 0 Å². The van der Waals surface area contributed by atoms with Crippen LogP contribution < -0.4 is 1030 Å². The zero-order chi connectivity index (χ0) is 17.9. The Morgan fingerprint density at radius 2 is 0.200 bits per heavy atom. The van der Waals surface area contributed by atoms with E-state index in [0.29, 0.717) is 0 Å². The van der Waals surface area contributed by atoms with Crippen molar-refractivity contribution in [2.75, 3.05) is 0 Å². The van der Waals surface area contributed by atoms with Crippen molar-refractivity contribution < 1.29 is 1130 Å². The minimum absolute atomic E-state index is 0. The van der Waals surface area contributed by atoms with Crippen LogP contribution >= 0.6 is 0 Å². The molecule has 0 saturated heterocycles. The summed E-state index contributed by atoms with van der Waals surface area (Å²) in [5.74, 6) is 0. The summed E-state index contributed by atoms with van der Waals surface area (Å²) in [6.07, 6.45) is -9.17. The topological polar surface area (TPSA) is 288 Å². The van der Waals surface area contributed by atoms with Gasteiger partial charge in [0.1, 0.15) is 0 Å². The third-order valence-electron chi connectivity index (χ3n) is 0. The van der Waals surface area contributed by atoms with Gasteiger partial charge in [-0.2, -0.15) is 0 Å². The molecule has 0 aromatic heterocycles. The zero-order valence-electron chi connectivity index (χ0n) is 49.0. The Hall–Kier alpha value is 29.1. The molecule has 10 N–H and O–H groups in total. The number of rotatable bonds is 0. The van der Waals surface area contributed by atoms with Crippen molar-refractivity contribution >= 4 is 30.8 Å². The van der Waals surface area contributed by atoms with Gasteiger partial charge in [0.2, 0.25) is 0 Å². The molecule has 0 radical (unpaired) electrons. The van der Waals surface area contributed by atoms with Gasteiger partial charge in [-0.3, -0.25) is 0 Å². The van der Waals surface area contributed by atoms with Gasteiger partial charge in [0, 0.05) is 0 Å². The molecular formula is C5H30K20O15. The van der Waals surface area contributed by atoms with Crippen molar-refractivity contribution in [2.24, 2.45) is 0 Å². The minimum atomic E-state index is -1.83. The summed E-state index contributed by atoms with van der Waals surface area (Å²) in [5, 5.41) is 69.7. The fourth-order valence-electron chi connectivity index (χ4n) is 0. The summed E-state index contributed by atoms with van der Waals surface area (Å²) in [6.45, 7) is 0. The molecular weight excluding hydrogens is 1080 g/mol. The Morgan fingerprint density at radius 3 is 0.200 bits per heavy atom. The van der Waals surface area contributed by atoms with Crippen molar-refractivity contribution in [1.82, 2.24) is 0 Å². The Kier molecular flexibility index (Phi) is 649. The Balaban J connectivity index is -0.000000000934. The van der Waals surface area contributed by atoms with Gasteiger partial charge in [-0.15, -0.1) is 0 Å². The molecule has 160 valence electrons. The molecule has 0 bridgehead atoms. The average molecular weight is 1110 g/mol. The van der Waals surface area contributed by atoms with Gasteiger partial charge >= 0.3 is 1060 Å². The molecule has 0 spiro atoms. The van der Waals surface area contributed by atoms with Crippen LogP contribution in [0.15, 0.2) is 0 Å². The summed E-state index contributed by atoms with van der Waals surface area (Å²) in [7, 11) is 0. The summed E-state index contributed by atoms with van der Waals surface area (Å²) in [4.78, 5) is 42.8. The van der Waals surface area contributed by atoms with Gasteiger partial charge in [0.05, 0.1) is 0 Å². The van der Waals surface area contributed by atoms with E-state index in [1.165, 1.54) is 0 Å². The SMILES string of the molecule is O=C(O)O.O=C(O)O.O=C(O)O.O=C(O)O.O=C(O)O.[H-].[H-].[H-].[H-].[H-].[H-].[H-].[H-].[H-].[H-].[H-].[H-].[H-].[H-].[H-].[H-].[H-].[H-].[H-].[H-].[K+].[K+].[K+].[K+].[K+].[K+].[K+].[K+].[K+].[K+].[K+].[K+].[K+].[K+].[K+].[K+].[K+].[K+].[K+].[K+]. The van der Waals surface area contributed by atoms with E-state index >= 15 is 0 Å². The first-order valence-electron chi connectivity index (χ1n) is 3.26. The van der Waals surface area contributed by atoms with Gasteiger partial charge in [-0.25, -0.2) is 24.0 Å². The molecule has 0 unspecified atom stereocenters. The maximum atomic E-state index is 8.56. The molecule has 0 saturated carbocycles. The van der Waals surface area contributed by atoms with Crippen molar-refractivity contribution in [1.29, 1.82) is 0 Å². The quantitative estimate of drug-likeness (QED) is 0.101. The van der Waals surface area contributed by atoms with E-state index in [4.69, 9.17) is 75.0 Å². The monoisotopic (exact) mass is 1110 g/mol. The first kappa shape index (κ1) is 165. The second-order valence-corrected chi connectivity index (χ2v) is 1.41. The predicted octanol–water partition coefficient (Wildman–Crippen LogP) is -56.6. The van der Waals surface area contributed by atoms with E-state index in [-0.39, 0.29) is 1060 Å². The summed E-state index contributed by atoms with van der Waals surface area (Å²) in [5.41, 5.74) is 0. The molecule has 0 fully saturated rings. The van der Waals surface area contributed by atoms with E-state index in [0.717, 1.165) is 0 Å². The van der Waals surface area contributed by atoms with Gasteiger partial charge in [0.15, 0.2) is 0 Å².